The molecule has 1 N–H and O–H groups in total. The van der Waals surface area contributed by atoms with Crippen LogP contribution in [0.2, 0.25) is 0 Å². The summed E-state index contributed by atoms with van der Waals surface area (Å²) in [5, 5.41) is 3.44. The van der Waals surface area contributed by atoms with Gasteiger partial charge in [-0.2, -0.15) is 0 Å². The average Bonchev–Trinajstić information content (AvgIpc) is 2.56. The van der Waals surface area contributed by atoms with E-state index in [-0.39, 0.29) is 5.72 Å². The Balaban J connectivity index is 0.000000921. The molecule has 0 amide bonds. The molecule has 0 aromatic rings. The van der Waals surface area contributed by atoms with E-state index in [0.717, 1.165) is 25.9 Å². The summed E-state index contributed by atoms with van der Waals surface area (Å²) in [6.45, 7) is 10.9. The molecule has 1 aliphatic rings. The SMILES string of the molecule is CC.CC#CCCCC1COC(C)(C)N1. The lowest BCUT2D eigenvalue weighted by molar-refractivity contribution is 0.0231. The van der Waals surface area contributed by atoms with E-state index in [0.29, 0.717) is 6.04 Å². The Morgan fingerprint density at radius 3 is 2.53 bits per heavy atom. The Bertz CT molecular complexity index is 212. The highest BCUT2D eigenvalue weighted by atomic mass is 16.5. The maximum atomic E-state index is 5.56. The smallest absolute Gasteiger partial charge is 0.113 e. The molecule has 1 heterocycles. The summed E-state index contributed by atoms with van der Waals surface area (Å²) < 4.78 is 5.56. The number of nitrogens with one attached hydrogen (secondary N) is 1. The Kier molecular flexibility index (Phi) is 7.46. The zero-order valence-corrected chi connectivity index (χ0v) is 10.8. The van der Waals surface area contributed by atoms with Gasteiger partial charge in [0.1, 0.15) is 5.72 Å². The van der Waals surface area contributed by atoms with E-state index in [9.17, 15) is 0 Å². The first-order valence-electron chi connectivity index (χ1n) is 5.95. The minimum Gasteiger partial charge on any atom is -0.360 e. The maximum absolute atomic E-state index is 5.56. The second-order valence-electron chi connectivity index (χ2n) is 3.98. The van der Waals surface area contributed by atoms with Gasteiger partial charge in [0.15, 0.2) is 0 Å². The van der Waals surface area contributed by atoms with Crippen molar-refractivity contribution in [2.24, 2.45) is 0 Å². The Hall–Kier alpha value is -0.520. The molecule has 1 unspecified atom stereocenters. The van der Waals surface area contributed by atoms with Gasteiger partial charge in [-0.15, -0.1) is 11.8 Å². The van der Waals surface area contributed by atoms with Crippen molar-refractivity contribution in [1.82, 2.24) is 5.32 Å². The standard InChI is InChI=1S/C11H19NO.C2H6/c1-4-5-6-7-8-10-9-13-11(2,3)12-10;1-2/h10,12H,6-9H2,1-3H3;1-2H3. The molecular formula is C13H25NO. The highest BCUT2D eigenvalue weighted by Crippen LogP contribution is 2.17. The summed E-state index contributed by atoms with van der Waals surface area (Å²) in [5.41, 5.74) is -0.124. The summed E-state index contributed by atoms with van der Waals surface area (Å²) in [6.07, 6.45) is 3.34. The first kappa shape index (κ1) is 14.5. The van der Waals surface area contributed by atoms with Crippen LogP contribution in [0.5, 0.6) is 0 Å². The second kappa shape index (κ2) is 7.73. The fourth-order valence-electron chi connectivity index (χ4n) is 1.60. The molecule has 88 valence electrons. The van der Waals surface area contributed by atoms with Crippen LogP contribution in [-0.4, -0.2) is 18.4 Å². The third kappa shape index (κ3) is 6.54. The van der Waals surface area contributed by atoms with Crippen molar-refractivity contribution in [2.75, 3.05) is 6.61 Å². The van der Waals surface area contributed by atoms with Gasteiger partial charge in [-0.3, -0.25) is 5.32 Å². The molecule has 1 atom stereocenters. The van der Waals surface area contributed by atoms with Crippen molar-refractivity contribution in [3.8, 4) is 11.8 Å². The van der Waals surface area contributed by atoms with Gasteiger partial charge < -0.3 is 4.74 Å². The normalized spacial score (nSPS) is 22.3. The number of unbranched alkanes of at least 4 members (excludes halogenated alkanes) is 1. The highest BCUT2D eigenvalue weighted by molar-refractivity contribution is 4.95. The molecule has 0 saturated carbocycles. The molecule has 1 fully saturated rings. The molecule has 1 saturated heterocycles. The monoisotopic (exact) mass is 211 g/mol. The third-order valence-corrected chi connectivity index (χ3v) is 2.23. The van der Waals surface area contributed by atoms with Gasteiger partial charge in [0.05, 0.1) is 6.61 Å². The molecule has 0 aromatic heterocycles. The first-order chi connectivity index (χ1) is 7.14. The van der Waals surface area contributed by atoms with Crippen molar-refractivity contribution in [3.05, 3.63) is 0 Å². The lowest BCUT2D eigenvalue weighted by atomic mass is 10.1. The lowest BCUT2D eigenvalue weighted by Gasteiger charge is -2.17. The van der Waals surface area contributed by atoms with Crippen molar-refractivity contribution in [1.29, 1.82) is 0 Å². The van der Waals surface area contributed by atoms with Gasteiger partial charge in [-0.1, -0.05) is 13.8 Å². The van der Waals surface area contributed by atoms with Crippen molar-refractivity contribution in [2.45, 2.75) is 65.6 Å². The van der Waals surface area contributed by atoms with Crippen LogP contribution in [0.1, 0.15) is 53.9 Å². The van der Waals surface area contributed by atoms with E-state index in [4.69, 9.17) is 4.74 Å². The fourth-order valence-corrected chi connectivity index (χ4v) is 1.60. The predicted molar refractivity (Wildman–Crippen MR) is 65.6 cm³/mol. The summed E-state index contributed by atoms with van der Waals surface area (Å²) in [5.74, 6) is 5.98. The molecule has 0 radical (unpaired) electrons. The number of ether oxygens (including phenoxy) is 1. The van der Waals surface area contributed by atoms with E-state index >= 15 is 0 Å². The Labute approximate surface area is 94.8 Å². The molecule has 15 heavy (non-hydrogen) atoms. The summed E-state index contributed by atoms with van der Waals surface area (Å²) in [4.78, 5) is 0. The minimum atomic E-state index is -0.124. The predicted octanol–water partition coefficient (Wildman–Crippen LogP) is 2.93. The fraction of sp³-hybridized carbons (Fsp3) is 0.846. The molecule has 0 aliphatic carbocycles. The highest BCUT2D eigenvalue weighted by Gasteiger charge is 2.29. The van der Waals surface area contributed by atoms with Crippen molar-refractivity contribution >= 4 is 0 Å². The molecule has 0 aromatic carbocycles. The zero-order valence-electron chi connectivity index (χ0n) is 10.8. The van der Waals surface area contributed by atoms with E-state index < -0.39 is 0 Å². The maximum Gasteiger partial charge on any atom is 0.113 e. The molecule has 2 nitrogen and oxygen atoms in total. The van der Waals surface area contributed by atoms with E-state index in [1.165, 1.54) is 0 Å². The first-order valence-corrected chi connectivity index (χ1v) is 5.95. The van der Waals surface area contributed by atoms with Gasteiger partial charge >= 0.3 is 0 Å². The molecular weight excluding hydrogens is 186 g/mol. The molecule has 1 aliphatic heterocycles. The number of rotatable bonds is 3. The quantitative estimate of drug-likeness (QED) is 0.572. The van der Waals surface area contributed by atoms with Crippen molar-refractivity contribution < 1.29 is 4.74 Å². The topological polar surface area (TPSA) is 21.3 Å². The van der Waals surface area contributed by atoms with E-state index in [1.54, 1.807) is 0 Å². The van der Waals surface area contributed by atoms with Gasteiger partial charge in [-0.25, -0.2) is 0 Å². The van der Waals surface area contributed by atoms with Crippen LogP contribution in [0.3, 0.4) is 0 Å². The van der Waals surface area contributed by atoms with Crippen LogP contribution in [-0.2, 0) is 4.74 Å². The van der Waals surface area contributed by atoms with Gasteiger partial charge in [0.2, 0.25) is 0 Å². The van der Waals surface area contributed by atoms with Gasteiger partial charge in [0, 0.05) is 12.5 Å². The van der Waals surface area contributed by atoms with Crippen LogP contribution in [0.4, 0.5) is 0 Å². The largest absolute Gasteiger partial charge is 0.360 e. The molecule has 0 bridgehead atoms. The zero-order chi connectivity index (χ0) is 11.7. The second-order valence-corrected chi connectivity index (χ2v) is 3.98. The summed E-state index contributed by atoms with van der Waals surface area (Å²) >= 11 is 0. The minimum absolute atomic E-state index is 0.124. The van der Waals surface area contributed by atoms with Crippen LogP contribution < -0.4 is 5.32 Å². The van der Waals surface area contributed by atoms with Crippen LogP contribution in [0.25, 0.3) is 0 Å². The van der Waals surface area contributed by atoms with Gasteiger partial charge in [-0.05, 0) is 33.6 Å². The third-order valence-electron chi connectivity index (χ3n) is 2.23. The number of hydrogen-bond acceptors (Lipinski definition) is 2. The van der Waals surface area contributed by atoms with E-state index in [1.807, 2.05) is 20.8 Å². The summed E-state index contributed by atoms with van der Waals surface area (Å²) in [7, 11) is 0. The molecule has 0 spiro atoms. The summed E-state index contributed by atoms with van der Waals surface area (Å²) in [6, 6.07) is 0.522. The van der Waals surface area contributed by atoms with E-state index in [2.05, 4.69) is 31.0 Å². The number of hydrogen-bond donors (Lipinski definition) is 1. The Morgan fingerprint density at radius 2 is 2.07 bits per heavy atom. The van der Waals surface area contributed by atoms with Crippen molar-refractivity contribution in [3.63, 3.8) is 0 Å². The Morgan fingerprint density at radius 1 is 1.40 bits per heavy atom. The van der Waals surface area contributed by atoms with Crippen LogP contribution in [0.15, 0.2) is 0 Å². The average molecular weight is 211 g/mol. The van der Waals surface area contributed by atoms with Crippen LogP contribution >= 0.6 is 0 Å². The molecule has 1 rings (SSSR count). The molecule has 2 heteroatoms. The van der Waals surface area contributed by atoms with Crippen LogP contribution in [0, 0.1) is 11.8 Å². The van der Waals surface area contributed by atoms with Gasteiger partial charge in [0.25, 0.3) is 0 Å². The lowest BCUT2D eigenvalue weighted by Crippen LogP contribution is -2.38.